The minimum Gasteiger partial charge on any atom is -0.493 e. The van der Waals surface area contributed by atoms with Crippen molar-refractivity contribution in [2.24, 2.45) is 0 Å². The van der Waals surface area contributed by atoms with E-state index >= 15 is 0 Å². The Bertz CT molecular complexity index is 1100. The summed E-state index contributed by atoms with van der Waals surface area (Å²) in [4.78, 5) is 0.667. The Hall–Kier alpha value is -3.20. The van der Waals surface area contributed by atoms with Crippen LogP contribution < -0.4 is 14.2 Å². The third-order valence-corrected chi connectivity index (χ3v) is 5.19. The summed E-state index contributed by atoms with van der Waals surface area (Å²) in [5.41, 5.74) is 1.75. The van der Waals surface area contributed by atoms with Gasteiger partial charge in [-0.05, 0) is 29.8 Å². The summed E-state index contributed by atoms with van der Waals surface area (Å²) >= 11 is 1.40. The Morgan fingerprint density at radius 2 is 1.64 bits per heavy atom. The molecule has 2 aromatic carbocycles. The molecular weight excluding hydrogens is 383 g/mol. The predicted octanol–water partition coefficient (Wildman–Crippen LogP) is 3.61. The Morgan fingerprint density at radius 3 is 2.25 bits per heavy atom. The molecule has 144 valence electrons. The van der Waals surface area contributed by atoms with E-state index in [2.05, 4.69) is 15.3 Å². The fourth-order valence-electron chi connectivity index (χ4n) is 2.87. The summed E-state index contributed by atoms with van der Waals surface area (Å²) in [7, 11) is 4.70. The molecule has 0 saturated heterocycles. The first-order valence-electron chi connectivity index (χ1n) is 8.39. The topological polar surface area (TPSA) is 70.8 Å². The summed E-state index contributed by atoms with van der Waals surface area (Å²) in [6.45, 7) is 0. The van der Waals surface area contributed by atoms with E-state index in [1.165, 1.54) is 23.5 Å². The van der Waals surface area contributed by atoms with Crippen molar-refractivity contribution >= 4 is 16.3 Å². The van der Waals surface area contributed by atoms with Crippen LogP contribution in [-0.4, -0.2) is 41.1 Å². The average Bonchev–Trinajstić information content (AvgIpc) is 3.30. The van der Waals surface area contributed by atoms with Crippen molar-refractivity contribution in [3.8, 4) is 27.8 Å². The van der Waals surface area contributed by atoms with Crippen LogP contribution in [0.4, 0.5) is 4.39 Å². The zero-order chi connectivity index (χ0) is 19.7. The van der Waals surface area contributed by atoms with Crippen LogP contribution in [0.2, 0.25) is 0 Å². The predicted molar refractivity (Wildman–Crippen MR) is 103 cm³/mol. The molecule has 0 fully saturated rings. The van der Waals surface area contributed by atoms with E-state index in [9.17, 15) is 4.39 Å². The third-order valence-electron chi connectivity index (χ3n) is 4.24. The number of hydrogen-bond acceptors (Lipinski definition) is 7. The highest BCUT2D eigenvalue weighted by Crippen LogP contribution is 2.41. The first-order valence-corrected chi connectivity index (χ1v) is 9.20. The lowest BCUT2D eigenvalue weighted by Gasteiger charge is -2.13. The van der Waals surface area contributed by atoms with E-state index in [0.717, 1.165) is 16.1 Å². The smallest absolute Gasteiger partial charge is 0.234 e. The standard InChI is InChI=1S/C19H17FN4O3S/c1-25-14-9-12(10-15(26-2)17(14)27-3)18-23-24-16(21-22-19(24)28-18)8-11-4-6-13(20)7-5-11/h4-7,9-10H,8H2,1-3H3. The van der Waals surface area contributed by atoms with Crippen LogP contribution in [0.25, 0.3) is 15.5 Å². The normalized spacial score (nSPS) is 11.0. The molecule has 4 aromatic rings. The second-order valence-electron chi connectivity index (χ2n) is 5.94. The zero-order valence-electron chi connectivity index (χ0n) is 15.5. The fraction of sp³-hybridized carbons (Fsp3) is 0.211. The SMILES string of the molecule is COc1cc(-c2nn3c(Cc4ccc(F)cc4)nnc3s2)cc(OC)c1OC. The first kappa shape index (κ1) is 18.2. The Labute approximate surface area is 164 Å². The van der Waals surface area contributed by atoms with Crippen LogP contribution in [-0.2, 0) is 6.42 Å². The zero-order valence-corrected chi connectivity index (χ0v) is 16.3. The lowest BCUT2D eigenvalue weighted by Crippen LogP contribution is -1.98. The van der Waals surface area contributed by atoms with Gasteiger partial charge in [0, 0.05) is 12.0 Å². The van der Waals surface area contributed by atoms with Crippen molar-refractivity contribution in [3.63, 3.8) is 0 Å². The molecule has 0 aliphatic heterocycles. The maximum atomic E-state index is 13.1. The molecule has 0 aliphatic rings. The van der Waals surface area contributed by atoms with Gasteiger partial charge in [0.25, 0.3) is 0 Å². The van der Waals surface area contributed by atoms with Gasteiger partial charge in [-0.3, -0.25) is 0 Å². The molecule has 0 amide bonds. The quantitative estimate of drug-likeness (QED) is 0.492. The number of benzene rings is 2. The number of aromatic nitrogens is 4. The molecule has 2 heterocycles. The number of ether oxygens (including phenoxy) is 3. The summed E-state index contributed by atoms with van der Waals surface area (Å²) in [5.74, 6) is 2.03. The van der Waals surface area contributed by atoms with E-state index in [-0.39, 0.29) is 5.82 Å². The molecule has 9 heteroatoms. The van der Waals surface area contributed by atoms with Gasteiger partial charge in [0.15, 0.2) is 17.3 Å². The maximum Gasteiger partial charge on any atom is 0.234 e. The minimum absolute atomic E-state index is 0.270. The van der Waals surface area contributed by atoms with Crippen molar-refractivity contribution in [2.75, 3.05) is 21.3 Å². The second-order valence-corrected chi connectivity index (χ2v) is 6.89. The summed E-state index contributed by atoms with van der Waals surface area (Å²) < 4.78 is 31.0. The molecule has 0 saturated carbocycles. The summed E-state index contributed by atoms with van der Waals surface area (Å²) in [6, 6.07) is 9.98. The molecule has 28 heavy (non-hydrogen) atoms. The number of halogens is 1. The van der Waals surface area contributed by atoms with E-state index in [1.54, 1.807) is 38.0 Å². The second kappa shape index (κ2) is 7.43. The Balaban J connectivity index is 1.73. The Morgan fingerprint density at radius 1 is 0.964 bits per heavy atom. The van der Waals surface area contributed by atoms with E-state index in [0.29, 0.717) is 34.5 Å². The summed E-state index contributed by atoms with van der Waals surface area (Å²) in [6.07, 6.45) is 0.500. The van der Waals surface area contributed by atoms with Crippen molar-refractivity contribution in [1.82, 2.24) is 19.8 Å². The van der Waals surface area contributed by atoms with Gasteiger partial charge in [-0.1, -0.05) is 23.5 Å². The van der Waals surface area contributed by atoms with Gasteiger partial charge in [-0.15, -0.1) is 10.2 Å². The van der Waals surface area contributed by atoms with Gasteiger partial charge >= 0.3 is 0 Å². The molecule has 0 N–H and O–H groups in total. The van der Waals surface area contributed by atoms with Crippen LogP contribution in [0.1, 0.15) is 11.4 Å². The maximum absolute atomic E-state index is 13.1. The van der Waals surface area contributed by atoms with Crippen LogP contribution in [0.3, 0.4) is 0 Å². The van der Waals surface area contributed by atoms with Gasteiger partial charge in [0.1, 0.15) is 10.8 Å². The first-order chi connectivity index (χ1) is 13.6. The molecule has 0 aliphatic carbocycles. The number of nitrogens with zero attached hydrogens (tertiary/aromatic N) is 4. The van der Waals surface area contributed by atoms with Crippen LogP contribution in [0.15, 0.2) is 36.4 Å². The average molecular weight is 400 g/mol. The lowest BCUT2D eigenvalue weighted by molar-refractivity contribution is 0.324. The van der Waals surface area contributed by atoms with E-state index in [1.807, 2.05) is 12.1 Å². The summed E-state index contributed by atoms with van der Waals surface area (Å²) in [5, 5.41) is 13.8. The van der Waals surface area contributed by atoms with Crippen molar-refractivity contribution < 1.29 is 18.6 Å². The van der Waals surface area contributed by atoms with Gasteiger partial charge in [0.05, 0.1) is 21.3 Å². The number of hydrogen-bond donors (Lipinski definition) is 0. The monoisotopic (exact) mass is 400 g/mol. The lowest BCUT2D eigenvalue weighted by atomic mass is 10.1. The molecule has 0 radical (unpaired) electrons. The Kier molecular flexibility index (Phi) is 4.82. The third kappa shape index (κ3) is 3.24. The minimum atomic E-state index is -0.270. The highest BCUT2D eigenvalue weighted by atomic mass is 32.1. The van der Waals surface area contributed by atoms with Gasteiger partial charge < -0.3 is 14.2 Å². The fourth-order valence-corrected chi connectivity index (χ4v) is 3.72. The highest BCUT2D eigenvalue weighted by molar-refractivity contribution is 7.19. The van der Waals surface area contributed by atoms with Crippen LogP contribution in [0.5, 0.6) is 17.2 Å². The molecule has 0 atom stereocenters. The molecule has 0 spiro atoms. The number of fused-ring (bicyclic) bond motifs is 1. The van der Waals surface area contributed by atoms with Crippen LogP contribution in [0, 0.1) is 5.82 Å². The van der Waals surface area contributed by atoms with Gasteiger partial charge in [-0.25, -0.2) is 4.39 Å². The number of rotatable bonds is 6. The molecule has 4 rings (SSSR count). The molecule has 2 aromatic heterocycles. The van der Waals surface area contributed by atoms with Crippen molar-refractivity contribution in [1.29, 1.82) is 0 Å². The van der Waals surface area contributed by atoms with E-state index in [4.69, 9.17) is 14.2 Å². The van der Waals surface area contributed by atoms with Gasteiger partial charge in [-0.2, -0.15) is 9.61 Å². The van der Waals surface area contributed by atoms with Crippen molar-refractivity contribution in [3.05, 3.63) is 53.6 Å². The molecular formula is C19H17FN4O3S. The highest BCUT2D eigenvalue weighted by Gasteiger charge is 2.18. The molecule has 0 bridgehead atoms. The molecule has 0 unspecified atom stereocenters. The van der Waals surface area contributed by atoms with E-state index < -0.39 is 0 Å². The van der Waals surface area contributed by atoms with Crippen LogP contribution >= 0.6 is 11.3 Å². The largest absolute Gasteiger partial charge is 0.493 e. The van der Waals surface area contributed by atoms with Gasteiger partial charge in [0.2, 0.25) is 10.7 Å². The molecule has 7 nitrogen and oxygen atoms in total. The number of methoxy groups -OCH3 is 3. The van der Waals surface area contributed by atoms with Crippen molar-refractivity contribution in [2.45, 2.75) is 6.42 Å².